The second-order valence-corrected chi connectivity index (χ2v) is 7.93. The van der Waals surface area contributed by atoms with E-state index in [-0.39, 0.29) is 5.91 Å². The SMILES string of the molecule is CC[C@H]1CCCCN1C(=O)CSc1nc2ccccc2n1-c1ccccc1. The minimum atomic E-state index is 0.234. The molecule has 1 saturated heterocycles. The number of aromatic nitrogens is 2. The standard InChI is InChI=1S/C22H25N3OS/c1-2-17-10-8-9-15-24(17)21(26)16-27-22-23-19-13-6-7-14-20(19)25(22)18-11-4-3-5-12-18/h3-7,11-14,17H,2,8-10,15-16H2,1H3/t17-/m0/s1. The van der Waals surface area contributed by atoms with E-state index in [9.17, 15) is 4.79 Å². The van der Waals surface area contributed by atoms with Gasteiger partial charge in [0.15, 0.2) is 5.16 Å². The molecule has 1 aliphatic rings. The maximum absolute atomic E-state index is 12.9. The van der Waals surface area contributed by atoms with Crippen LogP contribution in [0.1, 0.15) is 32.6 Å². The van der Waals surface area contributed by atoms with Gasteiger partial charge in [0.05, 0.1) is 16.8 Å². The molecule has 0 saturated carbocycles. The van der Waals surface area contributed by atoms with E-state index in [4.69, 9.17) is 4.98 Å². The molecule has 0 spiro atoms. The van der Waals surface area contributed by atoms with E-state index in [2.05, 4.69) is 34.6 Å². The number of para-hydroxylation sites is 3. The Hall–Kier alpha value is -2.27. The van der Waals surface area contributed by atoms with Crippen molar-refractivity contribution in [2.24, 2.45) is 0 Å². The third-order valence-corrected chi connectivity index (χ3v) is 6.21. The number of likely N-dealkylation sites (tertiary alicyclic amines) is 1. The summed E-state index contributed by atoms with van der Waals surface area (Å²) in [7, 11) is 0. The molecule has 1 amide bonds. The van der Waals surface area contributed by atoms with Crippen LogP contribution in [0.2, 0.25) is 0 Å². The molecule has 1 aliphatic heterocycles. The van der Waals surface area contributed by atoms with E-state index in [0.717, 1.165) is 47.7 Å². The molecule has 0 aliphatic carbocycles. The maximum Gasteiger partial charge on any atom is 0.233 e. The summed E-state index contributed by atoms with van der Waals surface area (Å²) < 4.78 is 2.15. The zero-order valence-electron chi connectivity index (χ0n) is 15.7. The number of carbonyl (C=O) groups excluding carboxylic acids is 1. The maximum atomic E-state index is 12.9. The van der Waals surface area contributed by atoms with Crippen LogP contribution >= 0.6 is 11.8 Å². The van der Waals surface area contributed by atoms with E-state index in [1.165, 1.54) is 6.42 Å². The zero-order valence-corrected chi connectivity index (χ0v) is 16.5. The van der Waals surface area contributed by atoms with Crippen molar-refractivity contribution in [1.82, 2.24) is 14.5 Å². The van der Waals surface area contributed by atoms with E-state index in [0.29, 0.717) is 11.8 Å². The van der Waals surface area contributed by atoms with Crippen molar-refractivity contribution in [3.63, 3.8) is 0 Å². The van der Waals surface area contributed by atoms with Gasteiger partial charge in [-0.3, -0.25) is 9.36 Å². The molecular formula is C22H25N3OS. The van der Waals surface area contributed by atoms with Crippen LogP contribution in [0, 0.1) is 0 Å². The molecule has 3 aromatic rings. The van der Waals surface area contributed by atoms with Gasteiger partial charge in [-0.05, 0) is 49.9 Å². The Balaban J connectivity index is 1.60. The van der Waals surface area contributed by atoms with Gasteiger partial charge in [0.25, 0.3) is 0 Å². The molecule has 1 aromatic heterocycles. The molecule has 0 radical (unpaired) electrons. The molecule has 0 N–H and O–H groups in total. The minimum Gasteiger partial charge on any atom is -0.339 e. The van der Waals surface area contributed by atoms with Gasteiger partial charge in [0.1, 0.15) is 0 Å². The largest absolute Gasteiger partial charge is 0.339 e. The Bertz CT molecular complexity index is 922. The minimum absolute atomic E-state index is 0.234. The number of hydrogen-bond acceptors (Lipinski definition) is 3. The number of piperidine rings is 1. The first-order chi connectivity index (χ1) is 13.3. The Morgan fingerprint density at radius 1 is 1.11 bits per heavy atom. The number of amides is 1. The summed E-state index contributed by atoms with van der Waals surface area (Å²) in [4.78, 5) is 19.8. The first kappa shape index (κ1) is 18.1. The number of carbonyl (C=O) groups is 1. The van der Waals surface area contributed by atoms with Crippen molar-refractivity contribution in [1.29, 1.82) is 0 Å². The summed E-state index contributed by atoms with van der Waals surface area (Å²) in [6, 6.07) is 18.8. The molecule has 0 unspecified atom stereocenters. The number of hydrogen-bond donors (Lipinski definition) is 0. The van der Waals surface area contributed by atoms with Crippen molar-refractivity contribution in [2.45, 2.75) is 43.8 Å². The molecule has 140 valence electrons. The fraction of sp³-hybridized carbons (Fsp3) is 0.364. The van der Waals surface area contributed by atoms with Gasteiger partial charge in [-0.2, -0.15) is 0 Å². The molecular weight excluding hydrogens is 354 g/mol. The predicted molar refractivity (Wildman–Crippen MR) is 111 cm³/mol. The molecule has 1 fully saturated rings. The lowest BCUT2D eigenvalue weighted by Gasteiger charge is -2.35. The van der Waals surface area contributed by atoms with Crippen LogP contribution in [-0.2, 0) is 4.79 Å². The summed E-state index contributed by atoms with van der Waals surface area (Å²) in [5.41, 5.74) is 3.11. The van der Waals surface area contributed by atoms with Crippen LogP contribution in [0.15, 0.2) is 59.8 Å². The Kier molecular flexibility index (Phi) is 5.48. The van der Waals surface area contributed by atoms with Gasteiger partial charge in [0.2, 0.25) is 5.91 Å². The smallest absolute Gasteiger partial charge is 0.233 e. The summed E-state index contributed by atoms with van der Waals surface area (Å²) in [6.07, 6.45) is 4.53. The van der Waals surface area contributed by atoms with Crippen molar-refractivity contribution < 1.29 is 4.79 Å². The third-order valence-electron chi connectivity index (χ3n) is 5.29. The van der Waals surface area contributed by atoms with Crippen molar-refractivity contribution >= 4 is 28.7 Å². The highest BCUT2D eigenvalue weighted by molar-refractivity contribution is 7.99. The van der Waals surface area contributed by atoms with E-state index in [1.54, 1.807) is 11.8 Å². The Morgan fingerprint density at radius 3 is 2.70 bits per heavy atom. The van der Waals surface area contributed by atoms with Crippen LogP contribution in [0.4, 0.5) is 0 Å². The quantitative estimate of drug-likeness (QED) is 0.591. The lowest BCUT2D eigenvalue weighted by atomic mass is 10.0. The molecule has 2 aromatic carbocycles. The van der Waals surface area contributed by atoms with Crippen LogP contribution in [0.3, 0.4) is 0 Å². The number of rotatable bonds is 5. The first-order valence-electron chi connectivity index (χ1n) is 9.73. The Labute approximate surface area is 164 Å². The van der Waals surface area contributed by atoms with Gasteiger partial charge < -0.3 is 4.90 Å². The van der Waals surface area contributed by atoms with E-state index >= 15 is 0 Å². The first-order valence-corrected chi connectivity index (χ1v) is 10.7. The summed E-state index contributed by atoms with van der Waals surface area (Å²) in [6.45, 7) is 3.07. The van der Waals surface area contributed by atoms with Crippen LogP contribution < -0.4 is 0 Å². The normalized spacial score (nSPS) is 17.4. The molecule has 4 rings (SSSR count). The highest BCUT2D eigenvalue weighted by atomic mass is 32.2. The predicted octanol–water partition coefficient (Wildman–Crippen LogP) is 4.91. The van der Waals surface area contributed by atoms with Gasteiger partial charge in [-0.25, -0.2) is 4.98 Å². The van der Waals surface area contributed by atoms with Gasteiger partial charge in [-0.15, -0.1) is 0 Å². The second kappa shape index (κ2) is 8.17. The molecule has 5 heteroatoms. The summed E-state index contributed by atoms with van der Waals surface area (Å²) in [5.74, 6) is 0.672. The number of imidazole rings is 1. The molecule has 2 heterocycles. The van der Waals surface area contributed by atoms with Gasteiger partial charge in [-0.1, -0.05) is 49.0 Å². The van der Waals surface area contributed by atoms with Crippen LogP contribution in [0.5, 0.6) is 0 Å². The highest BCUT2D eigenvalue weighted by Gasteiger charge is 2.25. The third kappa shape index (κ3) is 3.74. The monoisotopic (exact) mass is 379 g/mol. The van der Waals surface area contributed by atoms with Crippen LogP contribution in [-0.4, -0.2) is 38.7 Å². The van der Waals surface area contributed by atoms with E-state index in [1.807, 2.05) is 36.4 Å². The lowest BCUT2D eigenvalue weighted by molar-refractivity contribution is -0.132. The molecule has 27 heavy (non-hydrogen) atoms. The molecule has 0 bridgehead atoms. The van der Waals surface area contributed by atoms with Gasteiger partial charge >= 0.3 is 0 Å². The Morgan fingerprint density at radius 2 is 1.89 bits per heavy atom. The molecule has 4 nitrogen and oxygen atoms in total. The number of thioether (sulfide) groups is 1. The number of benzene rings is 2. The number of fused-ring (bicyclic) bond motifs is 1. The zero-order chi connectivity index (χ0) is 18.6. The fourth-order valence-corrected chi connectivity index (χ4v) is 4.80. The van der Waals surface area contributed by atoms with Crippen molar-refractivity contribution in [2.75, 3.05) is 12.3 Å². The average Bonchev–Trinajstić information content (AvgIpc) is 3.11. The van der Waals surface area contributed by atoms with Gasteiger partial charge in [0, 0.05) is 18.3 Å². The van der Waals surface area contributed by atoms with Crippen molar-refractivity contribution in [3.8, 4) is 5.69 Å². The molecule has 1 atom stereocenters. The number of nitrogens with zero attached hydrogens (tertiary/aromatic N) is 3. The highest BCUT2D eigenvalue weighted by Crippen LogP contribution is 2.29. The topological polar surface area (TPSA) is 38.1 Å². The van der Waals surface area contributed by atoms with Crippen LogP contribution in [0.25, 0.3) is 16.7 Å². The second-order valence-electron chi connectivity index (χ2n) is 6.99. The van der Waals surface area contributed by atoms with E-state index < -0.39 is 0 Å². The fourth-order valence-electron chi connectivity index (χ4n) is 3.89. The lowest BCUT2D eigenvalue weighted by Crippen LogP contribution is -2.44. The summed E-state index contributed by atoms with van der Waals surface area (Å²) >= 11 is 1.54. The average molecular weight is 380 g/mol. The summed E-state index contributed by atoms with van der Waals surface area (Å²) in [5, 5.41) is 0.876. The van der Waals surface area contributed by atoms with Crippen molar-refractivity contribution in [3.05, 3.63) is 54.6 Å².